The summed E-state index contributed by atoms with van der Waals surface area (Å²) in [7, 11) is 1.42. The van der Waals surface area contributed by atoms with Crippen molar-refractivity contribution in [2.45, 2.75) is 46.5 Å². The van der Waals surface area contributed by atoms with Crippen LogP contribution in [0, 0.1) is 5.92 Å². The van der Waals surface area contributed by atoms with Gasteiger partial charge < -0.3 is 14.9 Å². The van der Waals surface area contributed by atoms with Crippen LogP contribution in [0.4, 0.5) is 0 Å². The zero-order chi connectivity index (χ0) is 22.3. The number of carbonyl (C=O) groups excluding carboxylic acids is 1. The number of ether oxygens (including phenoxy) is 1. The van der Waals surface area contributed by atoms with E-state index in [4.69, 9.17) is 4.74 Å². The summed E-state index contributed by atoms with van der Waals surface area (Å²) < 4.78 is 5.33. The highest BCUT2D eigenvalue weighted by molar-refractivity contribution is 6.06. The van der Waals surface area contributed by atoms with Crippen molar-refractivity contribution in [3.63, 3.8) is 0 Å². The molecule has 2 rings (SSSR count). The SMILES string of the molecule is CC/C=C(/C)[C@@H](CC=C(C)C)C(C(=O)c1c(O)cc(O)cc1OC)c1ccccc1. The van der Waals surface area contributed by atoms with Crippen LogP contribution < -0.4 is 4.74 Å². The number of aromatic hydroxyl groups is 2. The smallest absolute Gasteiger partial charge is 0.178 e. The van der Waals surface area contributed by atoms with Crippen molar-refractivity contribution in [3.05, 3.63) is 76.9 Å². The first-order chi connectivity index (χ1) is 14.3. The number of carbonyl (C=O) groups is 1. The van der Waals surface area contributed by atoms with Crippen molar-refractivity contribution in [3.8, 4) is 17.2 Å². The average Bonchev–Trinajstić information content (AvgIpc) is 2.70. The summed E-state index contributed by atoms with van der Waals surface area (Å²) in [6.45, 7) is 8.23. The second-order valence-electron chi connectivity index (χ2n) is 7.77. The van der Waals surface area contributed by atoms with Gasteiger partial charge in [0.15, 0.2) is 5.78 Å². The van der Waals surface area contributed by atoms with E-state index in [1.54, 1.807) is 0 Å². The zero-order valence-corrected chi connectivity index (χ0v) is 18.5. The van der Waals surface area contributed by atoms with E-state index < -0.39 is 5.92 Å². The van der Waals surface area contributed by atoms with E-state index in [2.05, 4.69) is 26.0 Å². The van der Waals surface area contributed by atoms with Crippen LogP contribution in [0.15, 0.2) is 65.8 Å². The zero-order valence-electron chi connectivity index (χ0n) is 18.5. The van der Waals surface area contributed by atoms with E-state index in [-0.39, 0.29) is 34.5 Å². The number of phenols is 2. The molecule has 0 amide bonds. The fourth-order valence-electron chi connectivity index (χ4n) is 3.80. The summed E-state index contributed by atoms with van der Waals surface area (Å²) in [5, 5.41) is 20.4. The van der Waals surface area contributed by atoms with Gasteiger partial charge in [0.25, 0.3) is 0 Å². The number of Topliss-reactive ketones (excluding diaryl/α,β-unsaturated/α-hetero) is 1. The first-order valence-electron chi connectivity index (χ1n) is 10.3. The third-order valence-electron chi connectivity index (χ3n) is 5.27. The molecule has 160 valence electrons. The molecule has 4 nitrogen and oxygen atoms in total. The van der Waals surface area contributed by atoms with Crippen molar-refractivity contribution in [1.29, 1.82) is 0 Å². The van der Waals surface area contributed by atoms with Gasteiger partial charge in [-0.25, -0.2) is 0 Å². The van der Waals surface area contributed by atoms with Crippen LogP contribution in [-0.4, -0.2) is 23.1 Å². The lowest BCUT2D eigenvalue weighted by atomic mass is 9.75. The second kappa shape index (κ2) is 10.7. The second-order valence-corrected chi connectivity index (χ2v) is 7.77. The fraction of sp³-hybridized carbons (Fsp3) is 0.346. The topological polar surface area (TPSA) is 66.8 Å². The maximum Gasteiger partial charge on any atom is 0.178 e. The Morgan fingerprint density at radius 2 is 1.73 bits per heavy atom. The molecule has 30 heavy (non-hydrogen) atoms. The highest BCUT2D eigenvalue weighted by atomic mass is 16.5. The number of phenolic OH excluding ortho intramolecular Hbond substituents is 2. The molecule has 2 N–H and O–H groups in total. The fourth-order valence-corrected chi connectivity index (χ4v) is 3.80. The molecule has 0 fully saturated rings. The Kier molecular flexibility index (Phi) is 8.28. The highest BCUT2D eigenvalue weighted by Crippen LogP contribution is 2.41. The van der Waals surface area contributed by atoms with E-state index in [1.807, 2.05) is 44.2 Å². The van der Waals surface area contributed by atoms with Gasteiger partial charge in [-0.1, -0.05) is 60.6 Å². The molecule has 0 bridgehead atoms. The van der Waals surface area contributed by atoms with Crippen LogP contribution in [0.2, 0.25) is 0 Å². The molecule has 0 aliphatic carbocycles. The highest BCUT2D eigenvalue weighted by Gasteiger charge is 2.34. The summed E-state index contributed by atoms with van der Waals surface area (Å²) >= 11 is 0. The van der Waals surface area contributed by atoms with Crippen LogP contribution in [-0.2, 0) is 0 Å². The molecule has 0 saturated heterocycles. The third-order valence-corrected chi connectivity index (χ3v) is 5.27. The molecular weight excluding hydrogens is 376 g/mol. The third kappa shape index (κ3) is 5.53. The summed E-state index contributed by atoms with van der Waals surface area (Å²) in [6.07, 6.45) is 5.88. The average molecular weight is 409 g/mol. The number of ketones is 1. The largest absolute Gasteiger partial charge is 0.508 e. The van der Waals surface area contributed by atoms with Crippen LogP contribution in [0.5, 0.6) is 17.2 Å². The monoisotopic (exact) mass is 408 g/mol. The number of rotatable bonds is 9. The Balaban J connectivity index is 2.70. The van der Waals surface area contributed by atoms with Gasteiger partial charge in [-0.05, 0) is 45.1 Å². The molecule has 1 unspecified atom stereocenters. The van der Waals surface area contributed by atoms with Gasteiger partial charge in [0, 0.05) is 12.1 Å². The number of benzene rings is 2. The molecule has 0 aliphatic rings. The van der Waals surface area contributed by atoms with E-state index in [9.17, 15) is 15.0 Å². The Hall–Kier alpha value is -3.01. The molecule has 2 atom stereocenters. The van der Waals surface area contributed by atoms with E-state index in [0.717, 1.165) is 17.6 Å². The minimum atomic E-state index is -0.506. The molecule has 4 heteroatoms. The van der Waals surface area contributed by atoms with Gasteiger partial charge >= 0.3 is 0 Å². The van der Waals surface area contributed by atoms with E-state index in [1.165, 1.54) is 24.8 Å². The van der Waals surface area contributed by atoms with Gasteiger partial charge in [0.2, 0.25) is 0 Å². The molecule has 2 aromatic rings. The molecule has 0 aromatic heterocycles. The molecular formula is C26H32O4. The molecule has 0 radical (unpaired) electrons. The van der Waals surface area contributed by atoms with Crippen molar-refractivity contribution in [2.24, 2.45) is 5.92 Å². The van der Waals surface area contributed by atoms with Crippen molar-refractivity contribution >= 4 is 5.78 Å². The molecule has 0 heterocycles. The van der Waals surface area contributed by atoms with E-state index in [0.29, 0.717) is 6.42 Å². The normalized spacial score (nSPS) is 13.4. The Morgan fingerprint density at radius 3 is 2.30 bits per heavy atom. The minimum Gasteiger partial charge on any atom is -0.508 e. The summed E-state index contributed by atoms with van der Waals surface area (Å²) in [5.74, 6) is -1.08. The standard InChI is InChI=1S/C26H32O4/c1-6-10-18(4)21(14-13-17(2)3)24(19-11-8-7-9-12-19)26(29)25-22(28)15-20(27)16-23(25)30-5/h7-13,15-16,21,24,27-28H,6,14H2,1-5H3/b18-10-/t21-,24?/m1/s1. The molecule has 0 spiro atoms. The Morgan fingerprint density at radius 1 is 1.07 bits per heavy atom. The predicted octanol–water partition coefficient (Wildman–Crippen LogP) is 6.40. The van der Waals surface area contributed by atoms with Gasteiger partial charge in [-0.3, -0.25) is 4.79 Å². The Bertz CT molecular complexity index is 922. The maximum atomic E-state index is 13.9. The number of methoxy groups -OCH3 is 1. The quantitative estimate of drug-likeness (QED) is 0.372. The predicted molar refractivity (Wildman–Crippen MR) is 121 cm³/mol. The van der Waals surface area contributed by atoms with Crippen molar-refractivity contribution in [1.82, 2.24) is 0 Å². The van der Waals surface area contributed by atoms with Crippen molar-refractivity contribution < 1.29 is 19.7 Å². The lowest BCUT2D eigenvalue weighted by Crippen LogP contribution is -2.24. The lowest BCUT2D eigenvalue weighted by molar-refractivity contribution is 0.0931. The van der Waals surface area contributed by atoms with Crippen molar-refractivity contribution in [2.75, 3.05) is 7.11 Å². The van der Waals surface area contributed by atoms with Crippen LogP contribution in [0.25, 0.3) is 0 Å². The lowest BCUT2D eigenvalue weighted by Gasteiger charge is -2.28. The van der Waals surface area contributed by atoms with Gasteiger partial charge in [-0.2, -0.15) is 0 Å². The summed E-state index contributed by atoms with van der Waals surface area (Å²) in [4.78, 5) is 13.9. The summed E-state index contributed by atoms with van der Waals surface area (Å²) in [5.41, 5.74) is 3.30. The first-order valence-corrected chi connectivity index (χ1v) is 10.3. The number of allylic oxidation sites excluding steroid dienone is 4. The molecule has 2 aromatic carbocycles. The van der Waals surface area contributed by atoms with Crippen LogP contribution in [0.3, 0.4) is 0 Å². The van der Waals surface area contributed by atoms with Crippen LogP contribution >= 0.6 is 0 Å². The van der Waals surface area contributed by atoms with Gasteiger partial charge in [-0.15, -0.1) is 0 Å². The van der Waals surface area contributed by atoms with Gasteiger partial charge in [0.05, 0.1) is 13.0 Å². The maximum absolute atomic E-state index is 13.9. The van der Waals surface area contributed by atoms with Gasteiger partial charge in [0.1, 0.15) is 22.8 Å². The Labute approximate surface area is 179 Å². The minimum absolute atomic E-state index is 0.0762. The first kappa shape index (κ1) is 23.3. The summed E-state index contributed by atoms with van der Waals surface area (Å²) in [6, 6.07) is 12.2. The molecule has 0 aliphatic heterocycles. The molecule has 0 saturated carbocycles. The van der Waals surface area contributed by atoms with Crippen LogP contribution in [0.1, 0.15) is 62.4 Å². The number of hydrogen-bond donors (Lipinski definition) is 2. The van der Waals surface area contributed by atoms with E-state index >= 15 is 0 Å². The number of hydrogen-bond acceptors (Lipinski definition) is 4.